The highest BCUT2D eigenvalue weighted by molar-refractivity contribution is 7.10. The first-order chi connectivity index (χ1) is 9.65. The fourth-order valence-electron chi connectivity index (χ4n) is 2.69. The van der Waals surface area contributed by atoms with Crippen LogP contribution in [0.3, 0.4) is 0 Å². The second-order valence-electron chi connectivity index (χ2n) is 4.95. The van der Waals surface area contributed by atoms with E-state index in [1.165, 1.54) is 22.6 Å². The molecule has 1 aliphatic heterocycles. The Balaban J connectivity index is 1.89. The van der Waals surface area contributed by atoms with Crippen molar-refractivity contribution >= 4 is 17.2 Å². The van der Waals surface area contributed by atoms with Gasteiger partial charge in [-0.3, -0.25) is 9.69 Å². The zero-order valence-corrected chi connectivity index (χ0v) is 11.7. The van der Waals surface area contributed by atoms with Crippen molar-refractivity contribution in [3.63, 3.8) is 0 Å². The van der Waals surface area contributed by atoms with Gasteiger partial charge < -0.3 is 5.73 Å². The van der Waals surface area contributed by atoms with E-state index in [1.54, 1.807) is 23.5 Å². The SMILES string of the molecule is NC(=O)[C@@H](c1ccc(F)cc1)N1CCc2sccc2C1. The lowest BCUT2D eigenvalue weighted by atomic mass is 10.0. The molecule has 0 bridgehead atoms. The summed E-state index contributed by atoms with van der Waals surface area (Å²) < 4.78 is 13.0. The van der Waals surface area contributed by atoms with Crippen molar-refractivity contribution in [1.29, 1.82) is 0 Å². The van der Waals surface area contributed by atoms with E-state index >= 15 is 0 Å². The Kier molecular flexibility index (Phi) is 3.54. The van der Waals surface area contributed by atoms with Crippen LogP contribution in [0.5, 0.6) is 0 Å². The summed E-state index contributed by atoms with van der Waals surface area (Å²) in [6, 6.07) is 7.59. The molecule has 1 aromatic heterocycles. The average molecular weight is 290 g/mol. The van der Waals surface area contributed by atoms with Gasteiger partial charge in [0.1, 0.15) is 11.9 Å². The van der Waals surface area contributed by atoms with Gasteiger partial charge in [-0.1, -0.05) is 12.1 Å². The van der Waals surface area contributed by atoms with E-state index in [4.69, 9.17) is 5.73 Å². The van der Waals surface area contributed by atoms with Crippen molar-refractivity contribution in [1.82, 2.24) is 4.90 Å². The van der Waals surface area contributed by atoms with Crippen molar-refractivity contribution in [2.75, 3.05) is 6.54 Å². The van der Waals surface area contributed by atoms with E-state index in [-0.39, 0.29) is 5.82 Å². The third kappa shape index (κ3) is 2.46. The largest absolute Gasteiger partial charge is 0.368 e. The predicted octanol–water partition coefficient (Wildman–Crippen LogP) is 2.47. The van der Waals surface area contributed by atoms with Crippen LogP contribution in [0.4, 0.5) is 4.39 Å². The third-order valence-electron chi connectivity index (χ3n) is 3.66. The summed E-state index contributed by atoms with van der Waals surface area (Å²) in [4.78, 5) is 15.3. The van der Waals surface area contributed by atoms with Gasteiger partial charge >= 0.3 is 0 Å². The summed E-state index contributed by atoms with van der Waals surface area (Å²) in [6.45, 7) is 1.50. The molecule has 0 radical (unpaired) electrons. The second-order valence-corrected chi connectivity index (χ2v) is 5.95. The number of fused-ring (bicyclic) bond motifs is 1. The first-order valence-electron chi connectivity index (χ1n) is 6.49. The van der Waals surface area contributed by atoms with E-state index in [1.807, 2.05) is 0 Å². The highest BCUT2D eigenvalue weighted by atomic mass is 32.1. The van der Waals surface area contributed by atoms with Gasteiger partial charge in [-0.25, -0.2) is 4.39 Å². The zero-order chi connectivity index (χ0) is 14.1. The summed E-state index contributed by atoms with van der Waals surface area (Å²) >= 11 is 1.75. The lowest BCUT2D eigenvalue weighted by Gasteiger charge is -2.32. The van der Waals surface area contributed by atoms with Crippen LogP contribution in [0.15, 0.2) is 35.7 Å². The molecule has 1 aliphatic rings. The number of amides is 1. The number of primary amides is 1. The molecule has 0 fully saturated rings. The molecule has 2 aromatic rings. The minimum atomic E-state index is -0.497. The molecule has 1 atom stereocenters. The van der Waals surface area contributed by atoms with Crippen molar-refractivity contribution in [3.8, 4) is 0 Å². The lowest BCUT2D eigenvalue weighted by Crippen LogP contribution is -2.40. The van der Waals surface area contributed by atoms with Crippen LogP contribution in [-0.2, 0) is 17.8 Å². The van der Waals surface area contributed by atoms with Crippen LogP contribution in [0, 0.1) is 5.82 Å². The number of nitrogens with zero attached hydrogens (tertiary/aromatic N) is 1. The van der Waals surface area contributed by atoms with Crippen LogP contribution in [-0.4, -0.2) is 17.4 Å². The summed E-state index contributed by atoms with van der Waals surface area (Å²) in [5, 5.41) is 2.07. The Hall–Kier alpha value is -1.72. The van der Waals surface area contributed by atoms with Crippen molar-refractivity contribution in [2.45, 2.75) is 19.0 Å². The second kappa shape index (κ2) is 5.34. The van der Waals surface area contributed by atoms with Crippen LogP contribution < -0.4 is 5.73 Å². The van der Waals surface area contributed by atoms with Gasteiger partial charge in [0.25, 0.3) is 0 Å². The monoisotopic (exact) mass is 290 g/mol. The Bertz CT molecular complexity index is 623. The van der Waals surface area contributed by atoms with Crippen LogP contribution in [0.25, 0.3) is 0 Å². The number of carbonyl (C=O) groups is 1. The van der Waals surface area contributed by atoms with Gasteiger partial charge in [0.15, 0.2) is 0 Å². The van der Waals surface area contributed by atoms with E-state index < -0.39 is 11.9 Å². The highest BCUT2D eigenvalue weighted by Gasteiger charge is 2.29. The number of halogens is 1. The maximum absolute atomic E-state index is 13.0. The third-order valence-corrected chi connectivity index (χ3v) is 4.68. The molecule has 2 heterocycles. The van der Waals surface area contributed by atoms with Gasteiger partial charge in [0.05, 0.1) is 0 Å². The molecule has 0 unspecified atom stereocenters. The van der Waals surface area contributed by atoms with Crippen molar-refractivity contribution in [2.24, 2.45) is 5.73 Å². The number of rotatable bonds is 3. The van der Waals surface area contributed by atoms with E-state index in [0.29, 0.717) is 6.54 Å². The Labute approximate surface area is 120 Å². The van der Waals surface area contributed by atoms with E-state index in [9.17, 15) is 9.18 Å². The number of hydrogen-bond donors (Lipinski definition) is 1. The molecule has 3 nitrogen and oxygen atoms in total. The number of thiophene rings is 1. The standard InChI is InChI=1S/C15H15FN2OS/c16-12-3-1-10(2-4-12)14(15(17)19)18-7-5-13-11(9-18)6-8-20-13/h1-4,6,8,14H,5,7,9H2,(H2,17,19)/t14-/m1/s1. The summed E-state index contributed by atoms with van der Waals surface area (Å²) in [5.74, 6) is -0.703. The topological polar surface area (TPSA) is 46.3 Å². The molecule has 2 N–H and O–H groups in total. The molecule has 20 heavy (non-hydrogen) atoms. The number of carbonyl (C=O) groups excluding carboxylic acids is 1. The normalized spacial score (nSPS) is 16.6. The van der Waals surface area contributed by atoms with E-state index in [2.05, 4.69) is 16.3 Å². The molecule has 5 heteroatoms. The molecule has 1 amide bonds. The van der Waals surface area contributed by atoms with Gasteiger partial charge in [0, 0.05) is 18.0 Å². The van der Waals surface area contributed by atoms with E-state index in [0.717, 1.165) is 18.5 Å². The fourth-order valence-corrected chi connectivity index (χ4v) is 3.58. The first-order valence-corrected chi connectivity index (χ1v) is 7.37. The highest BCUT2D eigenvalue weighted by Crippen LogP contribution is 2.30. The molecule has 104 valence electrons. The smallest absolute Gasteiger partial charge is 0.239 e. The Morgan fingerprint density at radius 1 is 1.30 bits per heavy atom. The molecule has 0 spiro atoms. The zero-order valence-electron chi connectivity index (χ0n) is 10.9. The maximum atomic E-state index is 13.0. The van der Waals surface area contributed by atoms with Gasteiger partial charge in [-0.15, -0.1) is 11.3 Å². The van der Waals surface area contributed by atoms with Crippen LogP contribution in [0.1, 0.15) is 22.0 Å². The number of hydrogen-bond acceptors (Lipinski definition) is 3. The fraction of sp³-hybridized carbons (Fsp3) is 0.267. The van der Waals surface area contributed by atoms with Gasteiger partial charge in [-0.2, -0.15) is 0 Å². The van der Waals surface area contributed by atoms with Gasteiger partial charge in [-0.05, 0) is 41.1 Å². The molecular formula is C15H15FN2OS. The lowest BCUT2D eigenvalue weighted by molar-refractivity contribution is -0.123. The summed E-state index contributed by atoms with van der Waals surface area (Å²) in [6.07, 6.45) is 0.929. The minimum absolute atomic E-state index is 0.310. The van der Waals surface area contributed by atoms with Gasteiger partial charge in [0.2, 0.25) is 5.91 Å². The quantitative estimate of drug-likeness (QED) is 0.944. The van der Waals surface area contributed by atoms with Crippen LogP contribution in [0.2, 0.25) is 0 Å². The molecule has 1 aromatic carbocycles. The molecule has 0 saturated heterocycles. The Morgan fingerprint density at radius 3 is 2.75 bits per heavy atom. The van der Waals surface area contributed by atoms with Crippen molar-refractivity contribution < 1.29 is 9.18 Å². The maximum Gasteiger partial charge on any atom is 0.239 e. The molecule has 0 saturated carbocycles. The van der Waals surface area contributed by atoms with Crippen LogP contribution >= 0.6 is 11.3 Å². The molecule has 0 aliphatic carbocycles. The summed E-state index contributed by atoms with van der Waals surface area (Å²) in [7, 11) is 0. The molecule has 3 rings (SSSR count). The van der Waals surface area contributed by atoms with Crippen molar-refractivity contribution in [3.05, 3.63) is 57.5 Å². The first kappa shape index (κ1) is 13.3. The number of benzene rings is 1. The summed E-state index contributed by atoms with van der Waals surface area (Å²) in [5.41, 5.74) is 7.57. The number of nitrogens with two attached hydrogens (primary N) is 1. The molecular weight excluding hydrogens is 275 g/mol. The Morgan fingerprint density at radius 2 is 2.05 bits per heavy atom. The minimum Gasteiger partial charge on any atom is -0.368 e. The average Bonchev–Trinajstić information content (AvgIpc) is 2.88. The predicted molar refractivity (Wildman–Crippen MR) is 76.8 cm³/mol.